The zero-order valence-corrected chi connectivity index (χ0v) is 16.8. The number of sulfonamides is 1. The molecule has 9 heteroatoms. The molecular formula is C20H24N4O4S. The fourth-order valence-corrected chi connectivity index (χ4v) is 4.05. The molecule has 1 aromatic carbocycles. The molecule has 2 N–H and O–H groups in total. The van der Waals surface area contributed by atoms with Crippen LogP contribution in [0.15, 0.2) is 55.3 Å². The number of morpholine rings is 1. The van der Waals surface area contributed by atoms with E-state index in [1.165, 1.54) is 6.08 Å². The van der Waals surface area contributed by atoms with Crippen molar-refractivity contribution in [1.82, 2.24) is 9.71 Å². The number of rotatable bonds is 8. The Bertz CT molecular complexity index is 955. The van der Waals surface area contributed by atoms with E-state index >= 15 is 0 Å². The molecule has 8 nitrogen and oxygen atoms in total. The predicted molar refractivity (Wildman–Crippen MR) is 112 cm³/mol. The van der Waals surface area contributed by atoms with E-state index in [0.717, 1.165) is 0 Å². The largest absolute Gasteiger partial charge is 0.378 e. The van der Waals surface area contributed by atoms with Crippen LogP contribution in [0.3, 0.4) is 0 Å². The van der Waals surface area contributed by atoms with Gasteiger partial charge in [0.15, 0.2) is 0 Å². The lowest BCUT2D eigenvalue weighted by Gasteiger charge is -2.29. The highest BCUT2D eigenvalue weighted by Crippen LogP contribution is 2.20. The molecule has 0 spiro atoms. The van der Waals surface area contributed by atoms with Crippen LogP contribution in [-0.4, -0.2) is 52.2 Å². The molecule has 0 radical (unpaired) electrons. The average molecular weight is 417 g/mol. The quantitative estimate of drug-likeness (QED) is 0.636. The number of carbonyl (C=O) groups is 1. The van der Waals surface area contributed by atoms with Crippen LogP contribution >= 0.6 is 0 Å². The molecule has 2 heterocycles. The molecule has 0 saturated carbocycles. The maximum atomic E-state index is 12.8. The van der Waals surface area contributed by atoms with Crippen molar-refractivity contribution in [2.45, 2.75) is 5.75 Å². The Balaban J connectivity index is 1.68. The van der Waals surface area contributed by atoms with Gasteiger partial charge in [-0.2, -0.15) is 0 Å². The zero-order valence-electron chi connectivity index (χ0n) is 16.0. The van der Waals surface area contributed by atoms with Crippen molar-refractivity contribution >= 4 is 27.4 Å². The first-order chi connectivity index (χ1) is 14.0. The van der Waals surface area contributed by atoms with E-state index in [2.05, 4.69) is 21.6 Å². The first-order valence-electron chi connectivity index (χ1n) is 9.25. The van der Waals surface area contributed by atoms with Crippen LogP contribution in [-0.2, 0) is 20.5 Å². The second kappa shape index (κ2) is 9.64. The number of benzene rings is 1. The molecule has 1 aliphatic heterocycles. The van der Waals surface area contributed by atoms with Gasteiger partial charge in [-0.3, -0.25) is 4.79 Å². The molecule has 1 aromatic heterocycles. The van der Waals surface area contributed by atoms with E-state index in [9.17, 15) is 13.2 Å². The predicted octanol–water partition coefficient (Wildman–Crippen LogP) is 1.78. The Hall–Kier alpha value is -2.75. The number of nitrogens with one attached hydrogen (secondary N) is 2. The number of anilines is 2. The summed E-state index contributed by atoms with van der Waals surface area (Å²) < 4.78 is 31.7. The summed E-state index contributed by atoms with van der Waals surface area (Å²) in [5.74, 6) is 0.218. The topological polar surface area (TPSA) is 101 Å². The average Bonchev–Trinajstić information content (AvgIpc) is 2.74. The van der Waals surface area contributed by atoms with Crippen molar-refractivity contribution in [2.24, 2.45) is 0 Å². The van der Waals surface area contributed by atoms with Crippen LogP contribution < -0.4 is 14.9 Å². The number of hydrogen-bond donors (Lipinski definition) is 2. The van der Waals surface area contributed by atoms with Gasteiger partial charge in [-0.25, -0.2) is 18.1 Å². The number of amides is 1. The third-order valence-electron chi connectivity index (χ3n) is 4.36. The van der Waals surface area contributed by atoms with Crippen molar-refractivity contribution in [3.63, 3.8) is 0 Å². The van der Waals surface area contributed by atoms with Crippen molar-refractivity contribution in [3.8, 4) is 0 Å². The fraction of sp³-hybridized carbons (Fsp3) is 0.300. The number of hydrogen-bond acceptors (Lipinski definition) is 6. The van der Waals surface area contributed by atoms with Gasteiger partial charge in [-0.05, 0) is 29.8 Å². The highest BCUT2D eigenvalue weighted by atomic mass is 32.2. The molecule has 0 aliphatic carbocycles. The van der Waals surface area contributed by atoms with Crippen LogP contribution in [0.4, 0.5) is 11.5 Å². The van der Waals surface area contributed by atoms with E-state index in [0.29, 0.717) is 48.9 Å². The van der Waals surface area contributed by atoms with Gasteiger partial charge >= 0.3 is 0 Å². The van der Waals surface area contributed by atoms with Gasteiger partial charge in [0.2, 0.25) is 10.0 Å². The summed E-state index contributed by atoms with van der Waals surface area (Å²) in [5.41, 5.74) is 1.68. The van der Waals surface area contributed by atoms with Crippen LogP contribution in [0.1, 0.15) is 15.9 Å². The lowest BCUT2D eigenvalue weighted by molar-refractivity contribution is 0.102. The standard InChI is InChI=1S/C20H24N4O4S/c1-2-9-22-29(26,27)15-16-5-7-17(8-6-16)23-20(25)18-4-3-10-21-19(18)24-11-13-28-14-12-24/h2-8,10,22H,1,9,11-15H2,(H,23,25). The van der Waals surface area contributed by atoms with Crippen molar-refractivity contribution in [3.05, 3.63) is 66.4 Å². The number of aromatic nitrogens is 1. The molecule has 0 unspecified atom stereocenters. The molecule has 1 aliphatic rings. The Kier molecular flexibility index (Phi) is 6.97. The summed E-state index contributed by atoms with van der Waals surface area (Å²) in [5, 5.41) is 2.85. The van der Waals surface area contributed by atoms with Gasteiger partial charge in [-0.1, -0.05) is 18.2 Å². The van der Waals surface area contributed by atoms with E-state index in [4.69, 9.17) is 4.74 Å². The third-order valence-corrected chi connectivity index (χ3v) is 5.68. The van der Waals surface area contributed by atoms with Gasteiger partial charge < -0.3 is 15.0 Å². The lowest BCUT2D eigenvalue weighted by atomic mass is 10.2. The molecule has 154 valence electrons. The van der Waals surface area contributed by atoms with Crippen molar-refractivity contribution in [1.29, 1.82) is 0 Å². The summed E-state index contributed by atoms with van der Waals surface area (Å²) in [6, 6.07) is 10.2. The fourth-order valence-electron chi connectivity index (χ4n) is 2.94. The lowest BCUT2D eigenvalue weighted by Crippen LogP contribution is -2.38. The molecular weight excluding hydrogens is 392 g/mol. The minimum absolute atomic E-state index is 0.140. The molecule has 1 amide bonds. The second-order valence-electron chi connectivity index (χ2n) is 6.52. The molecule has 0 bridgehead atoms. The summed E-state index contributed by atoms with van der Waals surface area (Å²) >= 11 is 0. The van der Waals surface area contributed by atoms with Crippen molar-refractivity contribution in [2.75, 3.05) is 43.1 Å². The Morgan fingerprint density at radius 1 is 1.21 bits per heavy atom. The minimum atomic E-state index is -3.43. The van der Waals surface area contributed by atoms with Gasteiger partial charge in [-0.15, -0.1) is 6.58 Å². The van der Waals surface area contributed by atoms with Crippen LogP contribution in [0, 0.1) is 0 Å². The van der Waals surface area contributed by atoms with E-state index in [-0.39, 0.29) is 18.2 Å². The van der Waals surface area contributed by atoms with Crippen molar-refractivity contribution < 1.29 is 17.9 Å². The molecule has 2 aromatic rings. The number of ether oxygens (including phenoxy) is 1. The van der Waals surface area contributed by atoms with E-state index in [1.807, 2.05) is 4.90 Å². The minimum Gasteiger partial charge on any atom is -0.378 e. The number of pyridine rings is 1. The molecule has 1 fully saturated rings. The zero-order chi connectivity index (χ0) is 20.7. The third kappa shape index (κ3) is 5.86. The summed E-state index contributed by atoms with van der Waals surface area (Å²) in [6.45, 7) is 6.24. The van der Waals surface area contributed by atoms with Crippen LogP contribution in [0.5, 0.6) is 0 Å². The monoisotopic (exact) mass is 416 g/mol. The molecule has 0 atom stereocenters. The summed E-state index contributed by atoms with van der Waals surface area (Å²) in [4.78, 5) is 19.2. The van der Waals surface area contributed by atoms with Gasteiger partial charge in [0.1, 0.15) is 5.82 Å². The highest BCUT2D eigenvalue weighted by Gasteiger charge is 2.20. The first-order valence-corrected chi connectivity index (χ1v) is 10.9. The highest BCUT2D eigenvalue weighted by molar-refractivity contribution is 7.88. The number of nitrogens with zero attached hydrogens (tertiary/aromatic N) is 2. The van der Waals surface area contributed by atoms with Gasteiger partial charge in [0, 0.05) is 31.5 Å². The van der Waals surface area contributed by atoms with Crippen LogP contribution in [0.25, 0.3) is 0 Å². The molecule has 1 saturated heterocycles. The Labute approximate surface area is 170 Å². The van der Waals surface area contributed by atoms with Crippen LogP contribution in [0.2, 0.25) is 0 Å². The summed E-state index contributed by atoms with van der Waals surface area (Å²) in [6.07, 6.45) is 3.15. The maximum absolute atomic E-state index is 12.8. The smallest absolute Gasteiger partial charge is 0.259 e. The van der Waals surface area contributed by atoms with E-state index in [1.54, 1.807) is 42.6 Å². The normalized spacial score (nSPS) is 14.4. The molecule has 29 heavy (non-hydrogen) atoms. The SMILES string of the molecule is C=CCNS(=O)(=O)Cc1ccc(NC(=O)c2cccnc2N2CCOCC2)cc1. The number of carbonyl (C=O) groups excluding carboxylic acids is 1. The summed E-state index contributed by atoms with van der Waals surface area (Å²) in [7, 11) is -3.43. The van der Waals surface area contributed by atoms with Gasteiger partial charge in [0.25, 0.3) is 5.91 Å². The maximum Gasteiger partial charge on any atom is 0.259 e. The van der Waals surface area contributed by atoms with E-state index < -0.39 is 10.0 Å². The first kappa shape index (κ1) is 21.0. The second-order valence-corrected chi connectivity index (χ2v) is 8.33. The molecule has 3 rings (SSSR count). The van der Waals surface area contributed by atoms with Gasteiger partial charge in [0.05, 0.1) is 24.5 Å². The Morgan fingerprint density at radius 2 is 1.93 bits per heavy atom. The Morgan fingerprint density at radius 3 is 2.62 bits per heavy atom.